The van der Waals surface area contributed by atoms with Gasteiger partial charge < -0.3 is 16.0 Å². The zero-order chi connectivity index (χ0) is 16.2. The molecule has 0 bridgehead atoms. The van der Waals surface area contributed by atoms with Gasteiger partial charge in [0.15, 0.2) is 5.82 Å². The predicted octanol–water partition coefficient (Wildman–Crippen LogP) is 0.976. The standard InChI is InChI=1S/C16H19N5O2/c17-14(22)11-20-10-8-15(19-20)18-16(23)13-7-4-9-21(13)12-5-2-1-3-6-12/h1-3,5-6,8,10,13H,4,7,9,11H2,(H2,17,22)(H,18,19,23). The first-order valence-corrected chi connectivity index (χ1v) is 7.58. The quantitative estimate of drug-likeness (QED) is 0.860. The molecular weight excluding hydrogens is 294 g/mol. The Kier molecular flexibility index (Phi) is 4.27. The van der Waals surface area contributed by atoms with Gasteiger partial charge in [0.25, 0.3) is 0 Å². The van der Waals surface area contributed by atoms with Gasteiger partial charge in [0, 0.05) is 24.5 Å². The lowest BCUT2D eigenvalue weighted by molar-refractivity contribution is -0.119. The highest BCUT2D eigenvalue weighted by Crippen LogP contribution is 2.25. The van der Waals surface area contributed by atoms with E-state index in [2.05, 4.69) is 15.3 Å². The molecule has 120 valence electrons. The van der Waals surface area contributed by atoms with E-state index in [4.69, 9.17) is 5.73 Å². The van der Waals surface area contributed by atoms with Crippen LogP contribution in [-0.4, -0.2) is 34.2 Å². The van der Waals surface area contributed by atoms with Crippen LogP contribution in [-0.2, 0) is 16.1 Å². The van der Waals surface area contributed by atoms with Crippen molar-refractivity contribution >= 4 is 23.3 Å². The Hall–Kier alpha value is -2.83. The minimum atomic E-state index is -0.475. The number of nitrogens with zero attached hydrogens (tertiary/aromatic N) is 3. The fraction of sp³-hybridized carbons (Fsp3) is 0.312. The molecule has 2 aromatic rings. The summed E-state index contributed by atoms with van der Waals surface area (Å²) in [7, 11) is 0. The average Bonchev–Trinajstić information content (AvgIpc) is 3.17. The predicted molar refractivity (Wildman–Crippen MR) is 86.9 cm³/mol. The number of anilines is 2. The van der Waals surface area contributed by atoms with Crippen molar-refractivity contribution in [2.75, 3.05) is 16.8 Å². The van der Waals surface area contributed by atoms with E-state index in [-0.39, 0.29) is 18.5 Å². The van der Waals surface area contributed by atoms with Crippen molar-refractivity contribution in [3.63, 3.8) is 0 Å². The maximum Gasteiger partial charge on any atom is 0.248 e. The molecule has 1 saturated heterocycles. The maximum absolute atomic E-state index is 12.5. The van der Waals surface area contributed by atoms with Gasteiger partial charge in [-0.3, -0.25) is 14.3 Å². The van der Waals surface area contributed by atoms with Crippen LogP contribution in [0.4, 0.5) is 11.5 Å². The number of primary amides is 1. The summed E-state index contributed by atoms with van der Waals surface area (Å²) >= 11 is 0. The third-order valence-corrected chi connectivity index (χ3v) is 3.85. The highest BCUT2D eigenvalue weighted by atomic mass is 16.2. The lowest BCUT2D eigenvalue weighted by atomic mass is 10.2. The summed E-state index contributed by atoms with van der Waals surface area (Å²) in [4.78, 5) is 25.5. The second kappa shape index (κ2) is 6.51. The van der Waals surface area contributed by atoms with Crippen LogP contribution in [0.3, 0.4) is 0 Å². The van der Waals surface area contributed by atoms with Gasteiger partial charge >= 0.3 is 0 Å². The molecule has 1 aromatic carbocycles. The van der Waals surface area contributed by atoms with Crippen LogP contribution < -0.4 is 16.0 Å². The number of carbonyl (C=O) groups excluding carboxylic acids is 2. The zero-order valence-electron chi connectivity index (χ0n) is 12.7. The van der Waals surface area contributed by atoms with Crippen LogP contribution in [0.2, 0.25) is 0 Å². The van der Waals surface area contributed by atoms with E-state index >= 15 is 0 Å². The second-order valence-electron chi connectivity index (χ2n) is 5.54. The van der Waals surface area contributed by atoms with Gasteiger partial charge in [0.05, 0.1) is 0 Å². The molecule has 1 aromatic heterocycles. The van der Waals surface area contributed by atoms with Gasteiger partial charge in [-0.15, -0.1) is 0 Å². The third-order valence-electron chi connectivity index (χ3n) is 3.85. The minimum Gasteiger partial charge on any atom is -0.368 e. The van der Waals surface area contributed by atoms with Gasteiger partial charge in [-0.05, 0) is 25.0 Å². The summed E-state index contributed by atoms with van der Waals surface area (Å²) in [5.74, 6) is -0.135. The monoisotopic (exact) mass is 313 g/mol. The smallest absolute Gasteiger partial charge is 0.248 e. The topological polar surface area (TPSA) is 93.2 Å². The molecule has 2 amide bonds. The SMILES string of the molecule is NC(=O)Cn1ccc(NC(=O)C2CCCN2c2ccccc2)n1. The number of aromatic nitrogens is 2. The molecule has 1 unspecified atom stereocenters. The molecule has 1 aliphatic heterocycles. The largest absolute Gasteiger partial charge is 0.368 e. The number of amides is 2. The Bertz CT molecular complexity index is 698. The maximum atomic E-state index is 12.5. The molecule has 2 heterocycles. The van der Waals surface area contributed by atoms with E-state index < -0.39 is 5.91 Å². The zero-order valence-corrected chi connectivity index (χ0v) is 12.7. The second-order valence-corrected chi connectivity index (χ2v) is 5.54. The molecular formula is C16H19N5O2. The fourth-order valence-electron chi connectivity index (χ4n) is 2.85. The normalized spacial score (nSPS) is 17.2. The van der Waals surface area contributed by atoms with Crippen molar-refractivity contribution in [2.45, 2.75) is 25.4 Å². The van der Waals surface area contributed by atoms with E-state index in [9.17, 15) is 9.59 Å². The van der Waals surface area contributed by atoms with Crippen LogP contribution in [0.1, 0.15) is 12.8 Å². The van der Waals surface area contributed by atoms with Crippen LogP contribution in [0, 0.1) is 0 Å². The Balaban J connectivity index is 1.67. The van der Waals surface area contributed by atoms with Crippen LogP contribution >= 0.6 is 0 Å². The van der Waals surface area contributed by atoms with Gasteiger partial charge in [-0.2, -0.15) is 5.10 Å². The van der Waals surface area contributed by atoms with Gasteiger partial charge in [-0.1, -0.05) is 18.2 Å². The van der Waals surface area contributed by atoms with Crippen LogP contribution in [0.25, 0.3) is 0 Å². The summed E-state index contributed by atoms with van der Waals surface area (Å²) < 4.78 is 1.40. The Labute approximate surface area is 134 Å². The number of benzene rings is 1. The van der Waals surface area contributed by atoms with E-state index in [1.807, 2.05) is 30.3 Å². The van der Waals surface area contributed by atoms with Gasteiger partial charge in [-0.25, -0.2) is 0 Å². The molecule has 7 heteroatoms. The molecule has 1 aliphatic rings. The molecule has 0 aliphatic carbocycles. The third kappa shape index (κ3) is 3.50. The van der Waals surface area contributed by atoms with Gasteiger partial charge in [0.2, 0.25) is 11.8 Å². The summed E-state index contributed by atoms with van der Waals surface area (Å²) in [5, 5.41) is 6.94. The Morgan fingerprint density at radius 3 is 2.78 bits per heavy atom. The fourth-order valence-corrected chi connectivity index (χ4v) is 2.85. The van der Waals surface area contributed by atoms with Crippen molar-refractivity contribution in [3.05, 3.63) is 42.6 Å². The van der Waals surface area contributed by atoms with Crippen molar-refractivity contribution in [2.24, 2.45) is 5.73 Å². The Morgan fingerprint density at radius 1 is 1.26 bits per heavy atom. The first-order chi connectivity index (χ1) is 11.1. The van der Waals surface area contributed by atoms with Crippen molar-refractivity contribution in [3.8, 4) is 0 Å². The number of nitrogens with one attached hydrogen (secondary N) is 1. The first-order valence-electron chi connectivity index (χ1n) is 7.58. The molecule has 0 saturated carbocycles. The minimum absolute atomic E-state index is 0.00452. The first kappa shape index (κ1) is 15.1. The number of nitrogens with two attached hydrogens (primary N) is 1. The molecule has 23 heavy (non-hydrogen) atoms. The average molecular weight is 313 g/mol. The number of rotatable bonds is 5. The van der Waals surface area contributed by atoms with Crippen LogP contribution in [0.5, 0.6) is 0 Å². The molecule has 0 spiro atoms. The molecule has 7 nitrogen and oxygen atoms in total. The lowest BCUT2D eigenvalue weighted by Crippen LogP contribution is -2.39. The Morgan fingerprint density at radius 2 is 2.04 bits per heavy atom. The lowest BCUT2D eigenvalue weighted by Gasteiger charge is -2.25. The summed E-state index contributed by atoms with van der Waals surface area (Å²) in [6.07, 6.45) is 3.40. The van der Waals surface area contributed by atoms with E-state index in [0.717, 1.165) is 25.1 Å². The molecule has 3 N–H and O–H groups in total. The number of carbonyl (C=O) groups is 2. The number of para-hydroxylation sites is 1. The molecule has 1 fully saturated rings. The highest BCUT2D eigenvalue weighted by molar-refractivity contribution is 5.96. The van der Waals surface area contributed by atoms with E-state index in [1.54, 1.807) is 12.3 Å². The van der Waals surface area contributed by atoms with Crippen molar-refractivity contribution in [1.82, 2.24) is 9.78 Å². The highest BCUT2D eigenvalue weighted by Gasteiger charge is 2.31. The van der Waals surface area contributed by atoms with Crippen LogP contribution in [0.15, 0.2) is 42.6 Å². The summed E-state index contributed by atoms with van der Waals surface area (Å²) in [5.41, 5.74) is 6.17. The number of hydrogen-bond acceptors (Lipinski definition) is 4. The molecule has 0 radical (unpaired) electrons. The van der Waals surface area contributed by atoms with E-state index in [0.29, 0.717) is 5.82 Å². The molecule has 1 atom stereocenters. The molecule has 3 rings (SSSR count). The van der Waals surface area contributed by atoms with Crippen molar-refractivity contribution in [1.29, 1.82) is 0 Å². The summed E-state index contributed by atoms with van der Waals surface area (Å²) in [6.45, 7) is 0.855. The summed E-state index contributed by atoms with van der Waals surface area (Å²) in [6, 6.07) is 11.4. The van der Waals surface area contributed by atoms with Gasteiger partial charge in [0.1, 0.15) is 12.6 Å². The van der Waals surface area contributed by atoms with E-state index in [1.165, 1.54) is 4.68 Å². The van der Waals surface area contributed by atoms with Crippen molar-refractivity contribution < 1.29 is 9.59 Å². The number of hydrogen-bond donors (Lipinski definition) is 2.